The van der Waals surface area contributed by atoms with E-state index in [4.69, 9.17) is 0 Å². The SMILES string of the molecule is CCC1(c2ccc(F)cc2)NC(=O)N(CC(=O)NC(C)(C)C)C1=O. The Morgan fingerprint density at radius 2 is 1.83 bits per heavy atom. The molecule has 24 heavy (non-hydrogen) atoms. The zero-order valence-electron chi connectivity index (χ0n) is 14.3. The summed E-state index contributed by atoms with van der Waals surface area (Å²) in [6.07, 6.45) is 0.292. The van der Waals surface area contributed by atoms with Gasteiger partial charge in [0.25, 0.3) is 5.91 Å². The second-order valence-electron chi connectivity index (χ2n) is 6.89. The van der Waals surface area contributed by atoms with Gasteiger partial charge in [-0.2, -0.15) is 0 Å². The number of amides is 4. The average molecular weight is 335 g/mol. The molecule has 4 amide bonds. The molecule has 1 aromatic rings. The highest BCUT2D eigenvalue weighted by molar-refractivity contribution is 6.09. The highest BCUT2D eigenvalue weighted by Crippen LogP contribution is 2.32. The van der Waals surface area contributed by atoms with E-state index in [1.165, 1.54) is 24.3 Å². The van der Waals surface area contributed by atoms with Crippen molar-refractivity contribution < 1.29 is 18.8 Å². The fourth-order valence-corrected chi connectivity index (χ4v) is 2.74. The molecule has 0 saturated carbocycles. The Hall–Kier alpha value is -2.44. The van der Waals surface area contributed by atoms with E-state index in [-0.39, 0.29) is 6.54 Å². The number of carbonyl (C=O) groups excluding carboxylic acids is 3. The number of hydrogen-bond donors (Lipinski definition) is 2. The summed E-state index contributed by atoms with van der Waals surface area (Å²) >= 11 is 0. The van der Waals surface area contributed by atoms with Gasteiger partial charge in [0.2, 0.25) is 5.91 Å². The maximum absolute atomic E-state index is 13.1. The Kier molecular flexibility index (Phi) is 4.64. The van der Waals surface area contributed by atoms with Crippen LogP contribution >= 0.6 is 0 Å². The smallest absolute Gasteiger partial charge is 0.325 e. The number of hydrogen-bond acceptors (Lipinski definition) is 3. The third-order valence-corrected chi connectivity index (χ3v) is 3.86. The van der Waals surface area contributed by atoms with Gasteiger partial charge in [0, 0.05) is 5.54 Å². The molecule has 1 unspecified atom stereocenters. The summed E-state index contributed by atoms with van der Waals surface area (Å²) in [6.45, 7) is 6.83. The summed E-state index contributed by atoms with van der Waals surface area (Å²) in [4.78, 5) is 38.0. The van der Waals surface area contributed by atoms with Crippen molar-refractivity contribution in [3.05, 3.63) is 35.6 Å². The molecule has 0 bridgehead atoms. The van der Waals surface area contributed by atoms with E-state index in [2.05, 4.69) is 10.6 Å². The molecule has 1 fully saturated rings. The van der Waals surface area contributed by atoms with Crippen LogP contribution in [0.2, 0.25) is 0 Å². The monoisotopic (exact) mass is 335 g/mol. The van der Waals surface area contributed by atoms with Gasteiger partial charge in [-0.1, -0.05) is 19.1 Å². The van der Waals surface area contributed by atoms with Crippen LogP contribution < -0.4 is 10.6 Å². The molecule has 1 heterocycles. The number of carbonyl (C=O) groups is 3. The van der Waals surface area contributed by atoms with Crippen LogP contribution in [-0.4, -0.2) is 34.8 Å². The largest absolute Gasteiger partial charge is 0.350 e. The Morgan fingerprint density at radius 3 is 2.33 bits per heavy atom. The molecule has 2 rings (SSSR count). The zero-order chi connectivity index (χ0) is 18.1. The molecule has 0 spiro atoms. The molecule has 1 aliphatic rings. The zero-order valence-corrected chi connectivity index (χ0v) is 14.3. The van der Waals surface area contributed by atoms with Gasteiger partial charge in [0.05, 0.1) is 0 Å². The maximum atomic E-state index is 13.1. The summed E-state index contributed by atoms with van der Waals surface area (Å²) < 4.78 is 13.1. The molecular weight excluding hydrogens is 313 g/mol. The molecule has 1 aromatic carbocycles. The molecule has 0 radical (unpaired) electrons. The van der Waals surface area contributed by atoms with Crippen LogP contribution in [0.1, 0.15) is 39.7 Å². The van der Waals surface area contributed by atoms with Crippen LogP contribution in [0.25, 0.3) is 0 Å². The Balaban J connectivity index is 2.26. The molecule has 130 valence electrons. The lowest BCUT2D eigenvalue weighted by Gasteiger charge is -2.26. The third kappa shape index (κ3) is 3.39. The molecule has 7 heteroatoms. The first kappa shape index (κ1) is 17.9. The fraction of sp³-hybridized carbons (Fsp3) is 0.471. The molecule has 2 N–H and O–H groups in total. The molecule has 1 saturated heterocycles. The van der Waals surface area contributed by atoms with Crippen molar-refractivity contribution in [2.75, 3.05) is 6.54 Å². The number of nitrogens with zero attached hydrogens (tertiary/aromatic N) is 1. The maximum Gasteiger partial charge on any atom is 0.325 e. The van der Waals surface area contributed by atoms with E-state index in [1.54, 1.807) is 6.92 Å². The number of benzene rings is 1. The lowest BCUT2D eigenvalue weighted by molar-refractivity contribution is -0.135. The minimum atomic E-state index is -1.27. The first-order valence-electron chi connectivity index (χ1n) is 7.80. The molecule has 0 aliphatic carbocycles. The summed E-state index contributed by atoms with van der Waals surface area (Å²) in [5, 5.41) is 5.37. The lowest BCUT2D eigenvalue weighted by Crippen LogP contribution is -2.48. The number of imide groups is 1. The van der Waals surface area contributed by atoms with Crippen LogP contribution in [0.15, 0.2) is 24.3 Å². The van der Waals surface area contributed by atoms with Crippen molar-refractivity contribution >= 4 is 17.8 Å². The van der Waals surface area contributed by atoms with Crippen LogP contribution in [0.5, 0.6) is 0 Å². The Morgan fingerprint density at radius 1 is 1.25 bits per heavy atom. The molecule has 1 atom stereocenters. The second kappa shape index (κ2) is 6.22. The van der Waals surface area contributed by atoms with Gasteiger partial charge in [-0.05, 0) is 44.9 Å². The van der Waals surface area contributed by atoms with Gasteiger partial charge < -0.3 is 10.6 Å². The van der Waals surface area contributed by atoms with Crippen LogP contribution in [0.3, 0.4) is 0 Å². The van der Waals surface area contributed by atoms with E-state index in [9.17, 15) is 18.8 Å². The van der Waals surface area contributed by atoms with Gasteiger partial charge in [0.15, 0.2) is 0 Å². The van der Waals surface area contributed by atoms with Gasteiger partial charge in [-0.25, -0.2) is 9.18 Å². The predicted octanol–water partition coefficient (Wildman–Crippen LogP) is 1.90. The molecule has 6 nitrogen and oxygen atoms in total. The van der Waals surface area contributed by atoms with Crippen molar-refractivity contribution in [3.8, 4) is 0 Å². The number of rotatable bonds is 4. The number of halogens is 1. The molecular formula is C17H22FN3O3. The van der Waals surface area contributed by atoms with Crippen molar-refractivity contribution in [3.63, 3.8) is 0 Å². The van der Waals surface area contributed by atoms with Gasteiger partial charge >= 0.3 is 6.03 Å². The standard InChI is InChI=1S/C17H22FN3O3/c1-5-17(11-6-8-12(18)9-7-11)14(23)21(15(24)20-17)10-13(22)19-16(2,3)4/h6-9H,5,10H2,1-4H3,(H,19,22)(H,20,24). The summed E-state index contributed by atoms with van der Waals surface area (Å²) in [5.41, 5.74) is -1.24. The van der Waals surface area contributed by atoms with Crippen molar-refractivity contribution in [1.82, 2.24) is 15.5 Å². The van der Waals surface area contributed by atoms with Crippen molar-refractivity contribution in [2.45, 2.75) is 45.2 Å². The minimum Gasteiger partial charge on any atom is -0.350 e. The quantitative estimate of drug-likeness (QED) is 0.825. The van der Waals surface area contributed by atoms with E-state index in [0.717, 1.165) is 4.90 Å². The first-order valence-corrected chi connectivity index (χ1v) is 7.80. The topological polar surface area (TPSA) is 78.5 Å². The second-order valence-corrected chi connectivity index (χ2v) is 6.89. The van der Waals surface area contributed by atoms with Crippen molar-refractivity contribution in [2.24, 2.45) is 0 Å². The Bertz CT molecular complexity index is 667. The van der Waals surface area contributed by atoms with Crippen LogP contribution in [0, 0.1) is 5.82 Å². The summed E-state index contributed by atoms with van der Waals surface area (Å²) in [5.74, 6) is -1.36. The summed E-state index contributed by atoms with van der Waals surface area (Å²) in [6, 6.07) is 4.78. The van der Waals surface area contributed by atoms with Crippen molar-refractivity contribution in [1.29, 1.82) is 0 Å². The first-order chi connectivity index (χ1) is 11.1. The van der Waals surface area contributed by atoms with Gasteiger partial charge in [-0.3, -0.25) is 14.5 Å². The number of nitrogens with one attached hydrogen (secondary N) is 2. The molecule has 0 aromatic heterocycles. The van der Waals surface area contributed by atoms with E-state index in [0.29, 0.717) is 12.0 Å². The van der Waals surface area contributed by atoms with E-state index >= 15 is 0 Å². The normalized spacial score (nSPS) is 21.0. The minimum absolute atomic E-state index is 0.292. The van der Waals surface area contributed by atoms with E-state index in [1.807, 2.05) is 20.8 Å². The average Bonchev–Trinajstić information content (AvgIpc) is 2.71. The third-order valence-electron chi connectivity index (χ3n) is 3.86. The van der Waals surface area contributed by atoms with Gasteiger partial charge in [0.1, 0.15) is 17.9 Å². The lowest BCUT2D eigenvalue weighted by atomic mass is 9.87. The van der Waals surface area contributed by atoms with Crippen LogP contribution in [-0.2, 0) is 15.1 Å². The predicted molar refractivity (Wildman–Crippen MR) is 86.5 cm³/mol. The fourth-order valence-electron chi connectivity index (χ4n) is 2.74. The van der Waals surface area contributed by atoms with Gasteiger partial charge in [-0.15, -0.1) is 0 Å². The number of urea groups is 1. The Labute approximate surface area is 140 Å². The highest BCUT2D eigenvalue weighted by atomic mass is 19.1. The van der Waals surface area contributed by atoms with Crippen LogP contribution in [0.4, 0.5) is 9.18 Å². The summed E-state index contributed by atoms with van der Waals surface area (Å²) in [7, 11) is 0. The molecule has 1 aliphatic heterocycles. The highest BCUT2D eigenvalue weighted by Gasteiger charge is 2.51. The van der Waals surface area contributed by atoms with E-state index < -0.39 is 34.7 Å².